The van der Waals surface area contributed by atoms with Crippen LogP contribution in [0.1, 0.15) is 20.3 Å². The molecule has 102 valence electrons. The molecule has 0 amide bonds. The summed E-state index contributed by atoms with van der Waals surface area (Å²) in [5, 5.41) is 27.9. The molecule has 0 aromatic carbocycles. The van der Waals surface area contributed by atoms with Gasteiger partial charge in [0, 0.05) is 6.42 Å². The molecular formula is C11H16O7. The van der Waals surface area contributed by atoms with Crippen LogP contribution in [0.3, 0.4) is 0 Å². The van der Waals surface area contributed by atoms with Crippen LogP contribution in [0.2, 0.25) is 0 Å². The van der Waals surface area contributed by atoms with E-state index < -0.39 is 42.3 Å². The number of carbonyl (C=O) groups excluding carboxylic acids is 2. The minimum atomic E-state index is -1.42. The van der Waals surface area contributed by atoms with Gasteiger partial charge in [0.15, 0.2) is 11.9 Å². The second kappa shape index (κ2) is 5.72. The average Bonchev–Trinajstić information content (AvgIpc) is 2.53. The Kier molecular flexibility index (Phi) is 4.55. The molecule has 0 bridgehead atoms. The molecule has 1 aliphatic heterocycles. The number of cyclic esters (lactones) is 1. The quantitative estimate of drug-likeness (QED) is 0.604. The van der Waals surface area contributed by atoms with Crippen molar-refractivity contribution >= 4 is 11.9 Å². The highest BCUT2D eigenvalue weighted by Crippen LogP contribution is 2.21. The van der Waals surface area contributed by atoms with Crippen molar-refractivity contribution in [1.82, 2.24) is 0 Å². The van der Waals surface area contributed by atoms with Gasteiger partial charge in [0.05, 0.1) is 0 Å². The molecule has 2 unspecified atom stereocenters. The summed E-state index contributed by atoms with van der Waals surface area (Å²) in [4.78, 5) is 22.1. The number of rotatable bonds is 5. The van der Waals surface area contributed by atoms with Crippen molar-refractivity contribution in [2.75, 3.05) is 6.61 Å². The summed E-state index contributed by atoms with van der Waals surface area (Å²) >= 11 is 0. The maximum absolute atomic E-state index is 11.2. The minimum Gasteiger partial charge on any atom is -0.505 e. The lowest BCUT2D eigenvalue weighted by atomic mass is 10.1. The van der Waals surface area contributed by atoms with Gasteiger partial charge in [-0.2, -0.15) is 0 Å². The zero-order chi connectivity index (χ0) is 13.9. The molecule has 0 radical (unpaired) electrons. The lowest BCUT2D eigenvalue weighted by molar-refractivity contribution is -0.155. The Hall–Kier alpha value is -1.76. The first-order chi connectivity index (χ1) is 8.32. The van der Waals surface area contributed by atoms with Crippen molar-refractivity contribution in [2.24, 2.45) is 5.92 Å². The molecule has 2 atom stereocenters. The van der Waals surface area contributed by atoms with E-state index in [1.807, 2.05) is 13.8 Å². The van der Waals surface area contributed by atoms with Crippen molar-refractivity contribution in [1.29, 1.82) is 0 Å². The average molecular weight is 260 g/mol. The number of esters is 2. The molecule has 0 fully saturated rings. The van der Waals surface area contributed by atoms with Gasteiger partial charge in [0.25, 0.3) is 0 Å². The molecular weight excluding hydrogens is 244 g/mol. The molecule has 0 aromatic rings. The van der Waals surface area contributed by atoms with Crippen LogP contribution in [-0.4, -0.2) is 46.1 Å². The van der Waals surface area contributed by atoms with Gasteiger partial charge >= 0.3 is 11.9 Å². The maximum Gasteiger partial charge on any atom is 0.377 e. The van der Waals surface area contributed by atoms with Crippen LogP contribution < -0.4 is 0 Å². The molecule has 7 heteroatoms. The number of hydrogen-bond acceptors (Lipinski definition) is 7. The zero-order valence-electron chi connectivity index (χ0n) is 10.1. The SMILES string of the molecule is CC(C)CC(=O)OCC(O)C1OC(=O)C(O)=C1O. The van der Waals surface area contributed by atoms with Crippen LogP contribution in [0.15, 0.2) is 11.5 Å². The van der Waals surface area contributed by atoms with Gasteiger partial charge in [-0.15, -0.1) is 0 Å². The number of carbonyl (C=O) groups is 2. The maximum atomic E-state index is 11.2. The first-order valence-electron chi connectivity index (χ1n) is 5.49. The fraction of sp³-hybridized carbons (Fsp3) is 0.636. The Morgan fingerprint density at radius 1 is 1.44 bits per heavy atom. The Morgan fingerprint density at radius 3 is 2.50 bits per heavy atom. The topological polar surface area (TPSA) is 113 Å². The van der Waals surface area contributed by atoms with Gasteiger partial charge < -0.3 is 24.8 Å². The number of aliphatic hydroxyl groups is 3. The van der Waals surface area contributed by atoms with E-state index in [0.717, 1.165) is 0 Å². The molecule has 1 rings (SSSR count). The van der Waals surface area contributed by atoms with Gasteiger partial charge in [0.2, 0.25) is 5.76 Å². The second-order valence-corrected chi connectivity index (χ2v) is 4.41. The smallest absolute Gasteiger partial charge is 0.377 e. The molecule has 0 saturated carbocycles. The molecule has 3 N–H and O–H groups in total. The van der Waals surface area contributed by atoms with Gasteiger partial charge in [0.1, 0.15) is 12.7 Å². The van der Waals surface area contributed by atoms with E-state index in [4.69, 9.17) is 9.84 Å². The van der Waals surface area contributed by atoms with Crippen molar-refractivity contribution < 1.29 is 34.4 Å². The molecule has 0 saturated heterocycles. The summed E-state index contributed by atoms with van der Waals surface area (Å²) in [6, 6.07) is 0. The monoisotopic (exact) mass is 260 g/mol. The number of ether oxygens (including phenoxy) is 2. The Balaban J connectivity index is 2.45. The van der Waals surface area contributed by atoms with E-state index in [1.54, 1.807) is 0 Å². The summed E-state index contributed by atoms with van der Waals surface area (Å²) in [6.45, 7) is 3.24. The van der Waals surface area contributed by atoms with Crippen molar-refractivity contribution in [3.63, 3.8) is 0 Å². The fourth-order valence-electron chi connectivity index (χ4n) is 1.39. The molecule has 0 aliphatic carbocycles. The third-order valence-corrected chi connectivity index (χ3v) is 2.28. The fourth-order valence-corrected chi connectivity index (χ4v) is 1.39. The second-order valence-electron chi connectivity index (χ2n) is 4.41. The number of hydrogen-bond donors (Lipinski definition) is 3. The van der Waals surface area contributed by atoms with E-state index in [0.29, 0.717) is 0 Å². The summed E-state index contributed by atoms with van der Waals surface area (Å²) < 4.78 is 9.26. The van der Waals surface area contributed by atoms with Gasteiger partial charge in [-0.25, -0.2) is 4.79 Å². The van der Waals surface area contributed by atoms with E-state index in [9.17, 15) is 19.8 Å². The Morgan fingerprint density at radius 2 is 2.06 bits per heavy atom. The van der Waals surface area contributed by atoms with Crippen LogP contribution in [0.25, 0.3) is 0 Å². The van der Waals surface area contributed by atoms with Gasteiger partial charge in [-0.1, -0.05) is 13.8 Å². The highest BCUT2D eigenvalue weighted by atomic mass is 16.6. The summed E-state index contributed by atoms with van der Waals surface area (Å²) in [7, 11) is 0. The molecule has 1 aliphatic rings. The van der Waals surface area contributed by atoms with E-state index in [1.165, 1.54) is 0 Å². The zero-order valence-corrected chi connectivity index (χ0v) is 10.1. The van der Waals surface area contributed by atoms with Crippen LogP contribution in [0.4, 0.5) is 0 Å². The summed E-state index contributed by atoms with van der Waals surface area (Å²) in [6.07, 6.45) is -2.62. The van der Waals surface area contributed by atoms with Crippen molar-refractivity contribution in [3.05, 3.63) is 11.5 Å². The third kappa shape index (κ3) is 3.36. The number of aliphatic hydroxyl groups excluding tert-OH is 3. The minimum absolute atomic E-state index is 0.122. The standard InChI is InChI=1S/C11H16O7/c1-5(2)3-7(13)17-4-6(12)10-8(14)9(15)11(16)18-10/h5-6,10,12,14-15H,3-4H2,1-2H3. The molecule has 0 aromatic heterocycles. The molecule has 0 spiro atoms. The Bertz CT molecular complexity index is 372. The van der Waals surface area contributed by atoms with E-state index in [-0.39, 0.29) is 12.3 Å². The molecule has 7 nitrogen and oxygen atoms in total. The summed E-state index contributed by atoms with van der Waals surface area (Å²) in [5.74, 6) is -3.19. The van der Waals surface area contributed by atoms with Crippen LogP contribution in [0.5, 0.6) is 0 Å². The Labute approximate surface area is 104 Å². The van der Waals surface area contributed by atoms with Crippen molar-refractivity contribution in [3.8, 4) is 0 Å². The molecule has 18 heavy (non-hydrogen) atoms. The third-order valence-electron chi connectivity index (χ3n) is 2.28. The largest absolute Gasteiger partial charge is 0.505 e. The van der Waals surface area contributed by atoms with Crippen LogP contribution >= 0.6 is 0 Å². The lowest BCUT2D eigenvalue weighted by Gasteiger charge is -2.17. The summed E-state index contributed by atoms with van der Waals surface area (Å²) in [5.41, 5.74) is 0. The lowest BCUT2D eigenvalue weighted by Crippen LogP contribution is -2.33. The predicted octanol–water partition coefficient (Wildman–Crippen LogP) is 0.190. The van der Waals surface area contributed by atoms with Gasteiger partial charge in [-0.05, 0) is 5.92 Å². The van der Waals surface area contributed by atoms with Crippen molar-refractivity contribution in [2.45, 2.75) is 32.5 Å². The van der Waals surface area contributed by atoms with Crippen LogP contribution in [-0.2, 0) is 19.1 Å². The van der Waals surface area contributed by atoms with Gasteiger partial charge in [-0.3, -0.25) is 4.79 Å². The normalized spacial score (nSPS) is 21.1. The first-order valence-corrected chi connectivity index (χ1v) is 5.49. The highest BCUT2D eigenvalue weighted by Gasteiger charge is 2.39. The first kappa shape index (κ1) is 14.3. The van der Waals surface area contributed by atoms with E-state index in [2.05, 4.69) is 4.74 Å². The predicted molar refractivity (Wildman–Crippen MR) is 58.6 cm³/mol. The molecule has 1 heterocycles. The van der Waals surface area contributed by atoms with E-state index >= 15 is 0 Å². The highest BCUT2D eigenvalue weighted by molar-refractivity contribution is 5.89. The van der Waals surface area contributed by atoms with Crippen LogP contribution in [0, 0.1) is 5.92 Å².